The first-order valence-electron chi connectivity index (χ1n) is 5.76. The van der Waals surface area contributed by atoms with Crippen molar-refractivity contribution in [2.24, 2.45) is 0 Å². The lowest BCUT2D eigenvalue weighted by Crippen LogP contribution is -2.07. The van der Waals surface area contributed by atoms with Crippen molar-refractivity contribution in [3.8, 4) is 0 Å². The second-order valence-corrected chi connectivity index (χ2v) is 4.54. The van der Waals surface area contributed by atoms with Crippen LogP contribution in [0.15, 0.2) is 35.9 Å². The summed E-state index contributed by atoms with van der Waals surface area (Å²) in [7, 11) is 0. The first-order valence-corrected chi connectivity index (χ1v) is 6.14. The molecule has 0 nitrogen and oxygen atoms in total. The number of halogens is 1. The Bertz CT molecular complexity index is 365. The summed E-state index contributed by atoms with van der Waals surface area (Å²) in [5.41, 5.74) is 2.88. The van der Waals surface area contributed by atoms with Gasteiger partial charge in [-0.15, -0.1) is 0 Å². The summed E-state index contributed by atoms with van der Waals surface area (Å²) in [5.74, 6) is 0.567. The lowest BCUT2D eigenvalue weighted by molar-refractivity contribution is 0.607. The number of benzene rings is 1. The highest BCUT2D eigenvalue weighted by Gasteiger charge is 2.19. The van der Waals surface area contributed by atoms with Gasteiger partial charge >= 0.3 is 0 Å². The zero-order chi connectivity index (χ0) is 10.7. The summed E-state index contributed by atoms with van der Waals surface area (Å²) >= 11 is 6.25. The maximum Gasteiger partial charge on any atom is 0.0444 e. The van der Waals surface area contributed by atoms with Gasteiger partial charge in [0.1, 0.15) is 0 Å². The van der Waals surface area contributed by atoms with Crippen LogP contribution in [0.2, 0.25) is 5.02 Å². The van der Waals surface area contributed by atoms with Crippen LogP contribution in [0.5, 0.6) is 0 Å². The fraction of sp³-hybridized carbons (Fsp3) is 0.429. The van der Waals surface area contributed by atoms with E-state index < -0.39 is 0 Å². The zero-order valence-corrected chi connectivity index (χ0v) is 9.93. The van der Waals surface area contributed by atoms with E-state index in [-0.39, 0.29) is 0 Å². The smallest absolute Gasteiger partial charge is 0.0444 e. The molecule has 0 saturated heterocycles. The molecule has 0 aliphatic heterocycles. The second-order valence-electron chi connectivity index (χ2n) is 4.14. The molecule has 15 heavy (non-hydrogen) atoms. The average molecular weight is 221 g/mol. The molecule has 1 heteroatoms. The summed E-state index contributed by atoms with van der Waals surface area (Å²) in [6, 6.07) is 8.26. The molecule has 1 unspecified atom stereocenters. The Labute approximate surface area is 97.0 Å². The van der Waals surface area contributed by atoms with E-state index in [1.807, 2.05) is 12.1 Å². The highest BCUT2D eigenvalue weighted by Crippen LogP contribution is 2.38. The normalized spacial score (nSPS) is 21.2. The Hall–Kier alpha value is -0.750. The van der Waals surface area contributed by atoms with Gasteiger partial charge < -0.3 is 0 Å². The molecule has 0 fully saturated rings. The number of hydrogen-bond donors (Lipinski definition) is 0. The molecular weight excluding hydrogens is 204 g/mol. The molecular formula is C14H17Cl. The summed E-state index contributed by atoms with van der Waals surface area (Å²) < 4.78 is 0. The van der Waals surface area contributed by atoms with Crippen LogP contribution in [0, 0.1) is 0 Å². The first-order chi connectivity index (χ1) is 7.33. The summed E-state index contributed by atoms with van der Waals surface area (Å²) in [4.78, 5) is 0. The quantitative estimate of drug-likeness (QED) is 0.619. The summed E-state index contributed by atoms with van der Waals surface area (Å²) in [6.45, 7) is 2.24. The molecule has 1 atom stereocenters. The van der Waals surface area contributed by atoms with Gasteiger partial charge in [-0.25, -0.2) is 0 Å². The zero-order valence-electron chi connectivity index (χ0n) is 9.17. The monoisotopic (exact) mass is 220 g/mol. The maximum atomic E-state index is 6.25. The largest absolute Gasteiger partial charge is 0.0847 e. The molecule has 1 aliphatic carbocycles. The van der Waals surface area contributed by atoms with Crippen molar-refractivity contribution in [1.82, 2.24) is 0 Å². The van der Waals surface area contributed by atoms with Crippen LogP contribution < -0.4 is 0 Å². The van der Waals surface area contributed by atoms with Crippen LogP contribution in [0.4, 0.5) is 0 Å². The van der Waals surface area contributed by atoms with Gasteiger partial charge in [-0.2, -0.15) is 0 Å². The predicted molar refractivity (Wildman–Crippen MR) is 66.4 cm³/mol. The molecule has 0 spiro atoms. The van der Waals surface area contributed by atoms with Crippen LogP contribution in [-0.2, 0) is 0 Å². The Morgan fingerprint density at radius 3 is 2.87 bits per heavy atom. The molecule has 0 bridgehead atoms. The lowest BCUT2D eigenvalue weighted by Gasteiger charge is -2.24. The molecule has 0 heterocycles. The number of allylic oxidation sites excluding steroid dienone is 2. The molecule has 2 rings (SSSR count). The predicted octanol–water partition coefficient (Wildman–Crippen LogP) is 4.94. The topological polar surface area (TPSA) is 0 Å². The van der Waals surface area contributed by atoms with Crippen molar-refractivity contribution < 1.29 is 0 Å². The van der Waals surface area contributed by atoms with Gasteiger partial charge in [0.2, 0.25) is 0 Å². The molecule has 0 radical (unpaired) electrons. The SMILES string of the molecule is CCC1=CCCCC1c1ccccc1Cl. The third-order valence-electron chi connectivity index (χ3n) is 3.24. The molecule has 0 aromatic heterocycles. The van der Waals surface area contributed by atoms with Crippen LogP contribution in [0.1, 0.15) is 44.1 Å². The van der Waals surface area contributed by atoms with E-state index in [4.69, 9.17) is 11.6 Å². The number of hydrogen-bond acceptors (Lipinski definition) is 0. The minimum atomic E-state index is 0.567. The molecule has 1 aromatic carbocycles. The third kappa shape index (κ3) is 2.26. The van der Waals surface area contributed by atoms with E-state index in [0.29, 0.717) is 5.92 Å². The van der Waals surface area contributed by atoms with Crippen LogP contribution in [0.3, 0.4) is 0 Å². The van der Waals surface area contributed by atoms with Crippen LogP contribution >= 0.6 is 11.6 Å². The highest BCUT2D eigenvalue weighted by molar-refractivity contribution is 6.31. The molecule has 1 aromatic rings. The standard InChI is InChI=1S/C14H17Cl/c1-2-11-7-3-4-8-12(11)13-9-5-6-10-14(13)15/h5-7,9-10,12H,2-4,8H2,1H3. The van der Waals surface area contributed by atoms with E-state index >= 15 is 0 Å². The minimum Gasteiger partial charge on any atom is -0.0847 e. The summed E-state index contributed by atoms with van der Waals surface area (Å²) in [5, 5.41) is 0.920. The van der Waals surface area contributed by atoms with E-state index in [0.717, 1.165) is 11.4 Å². The third-order valence-corrected chi connectivity index (χ3v) is 3.58. The van der Waals surface area contributed by atoms with Crippen molar-refractivity contribution in [2.45, 2.75) is 38.5 Å². The second kappa shape index (κ2) is 4.85. The van der Waals surface area contributed by atoms with E-state index in [9.17, 15) is 0 Å². The van der Waals surface area contributed by atoms with Gasteiger partial charge in [0, 0.05) is 10.9 Å². The highest BCUT2D eigenvalue weighted by atomic mass is 35.5. The first kappa shape index (κ1) is 10.8. The molecule has 0 amide bonds. The fourth-order valence-electron chi connectivity index (χ4n) is 2.44. The van der Waals surface area contributed by atoms with Gasteiger partial charge in [0.25, 0.3) is 0 Å². The molecule has 0 saturated carbocycles. The average Bonchev–Trinajstić information content (AvgIpc) is 2.30. The Morgan fingerprint density at radius 1 is 1.33 bits per heavy atom. The van der Waals surface area contributed by atoms with Gasteiger partial charge in [-0.3, -0.25) is 0 Å². The fourth-order valence-corrected chi connectivity index (χ4v) is 2.71. The Morgan fingerprint density at radius 2 is 2.13 bits per heavy atom. The maximum absolute atomic E-state index is 6.25. The van der Waals surface area contributed by atoms with Crippen LogP contribution in [0.25, 0.3) is 0 Å². The minimum absolute atomic E-state index is 0.567. The van der Waals surface area contributed by atoms with Gasteiger partial charge in [-0.05, 0) is 37.3 Å². The Balaban J connectivity index is 2.34. The van der Waals surface area contributed by atoms with Crippen molar-refractivity contribution >= 4 is 11.6 Å². The van der Waals surface area contributed by atoms with Gasteiger partial charge in [-0.1, -0.05) is 48.4 Å². The van der Waals surface area contributed by atoms with Gasteiger partial charge in [0.15, 0.2) is 0 Å². The summed E-state index contributed by atoms with van der Waals surface area (Å²) in [6.07, 6.45) is 7.33. The van der Waals surface area contributed by atoms with Crippen molar-refractivity contribution in [1.29, 1.82) is 0 Å². The van der Waals surface area contributed by atoms with Crippen molar-refractivity contribution in [3.05, 3.63) is 46.5 Å². The number of rotatable bonds is 2. The van der Waals surface area contributed by atoms with Gasteiger partial charge in [0.05, 0.1) is 0 Å². The molecule has 80 valence electrons. The molecule has 1 aliphatic rings. The van der Waals surface area contributed by atoms with Crippen molar-refractivity contribution in [2.75, 3.05) is 0 Å². The van der Waals surface area contributed by atoms with Crippen LogP contribution in [-0.4, -0.2) is 0 Å². The van der Waals surface area contributed by atoms with E-state index in [1.165, 1.54) is 24.8 Å². The van der Waals surface area contributed by atoms with Crippen molar-refractivity contribution in [3.63, 3.8) is 0 Å². The van der Waals surface area contributed by atoms with E-state index in [1.54, 1.807) is 5.57 Å². The van der Waals surface area contributed by atoms with E-state index in [2.05, 4.69) is 25.1 Å². The molecule has 0 N–H and O–H groups in total. The lowest BCUT2D eigenvalue weighted by atomic mass is 9.81. The Kier molecular flexibility index (Phi) is 3.48.